The van der Waals surface area contributed by atoms with E-state index in [-0.39, 0.29) is 0 Å². The van der Waals surface area contributed by atoms with Crippen molar-refractivity contribution in [2.75, 3.05) is 25.5 Å². The van der Waals surface area contributed by atoms with Gasteiger partial charge in [0.25, 0.3) is 0 Å². The zero-order valence-corrected chi connectivity index (χ0v) is 26.2. The third kappa shape index (κ3) is 8.18. The number of nitrogens with one attached hydrogen (secondary N) is 1. The number of hydrogen-bond acceptors (Lipinski definition) is 10. The van der Waals surface area contributed by atoms with Crippen LogP contribution < -0.4 is 5.32 Å². The number of benzene rings is 2. The molecule has 0 aromatic heterocycles. The number of piperidine rings is 1. The smallest absolute Gasteiger partial charge is 0.336 e. The van der Waals surface area contributed by atoms with E-state index in [2.05, 4.69) is 14.8 Å². The molecule has 3 rings (SSSR count). The van der Waals surface area contributed by atoms with E-state index < -0.39 is 52.5 Å². The highest BCUT2D eigenvalue weighted by atomic mass is 35.5. The SMILES string of the molecule is CCC(C(=O)O)(c1ccccc1Nc1c(Cl)cccc1Cl)C1(SN=O)CCN(C)CC1.O=C(O)CC(O)(CC(=O)O)C(=O)O. The Labute approximate surface area is 267 Å². The van der Waals surface area contributed by atoms with Crippen molar-refractivity contribution in [3.05, 3.63) is 63.0 Å². The first-order valence-corrected chi connectivity index (χ1v) is 14.7. The van der Waals surface area contributed by atoms with Crippen molar-refractivity contribution in [2.45, 2.75) is 54.8 Å². The van der Waals surface area contributed by atoms with Gasteiger partial charge >= 0.3 is 23.9 Å². The molecule has 2 aromatic rings. The minimum absolute atomic E-state index is 0.295. The van der Waals surface area contributed by atoms with Gasteiger partial charge in [0.2, 0.25) is 0 Å². The van der Waals surface area contributed by atoms with Crippen LogP contribution in [0.3, 0.4) is 0 Å². The summed E-state index contributed by atoms with van der Waals surface area (Å²) in [6.07, 6.45) is -0.935. The van der Waals surface area contributed by atoms with E-state index in [0.717, 1.165) is 11.9 Å². The molecule has 6 N–H and O–H groups in total. The normalized spacial score (nSPS) is 16.0. The van der Waals surface area contributed by atoms with E-state index in [0.29, 0.717) is 59.3 Å². The van der Waals surface area contributed by atoms with E-state index in [4.69, 9.17) is 43.6 Å². The average molecular weight is 675 g/mol. The maximum atomic E-state index is 13.0. The lowest BCUT2D eigenvalue weighted by atomic mass is 9.63. The monoisotopic (exact) mass is 673 g/mol. The number of para-hydroxylation sites is 2. The molecule has 0 spiro atoms. The number of carboxylic acids is 4. The van der Waals surface area contributed by atoms with Crippen molar-refractivity contribution < 1.29 is 44.7 Å². The minimum Gasteiger partial charge on any atom is -0.481 e. The topological polar surface area (TPSA) is 214 Å². The second-order valence-corrected chi connectivity index (χ2v) is 12.2. The predicted octanol–water partition coefficient (Wildman–Crippen LogP) is 5.10. The lowest BCUT2D eigenvalue weighted by Gasteiger charge is -2.49. The summed E-state index contributed by atoms with van der Waals surface area (Å²) in [5, 5.41) is 48.6. The summed E-state index contributed by atoms with van der Waals surface area (Å²) in [4.78, 5) is 57.1. The molecule has 0 radical (unpaired) electrons. The van der Waals surface area contributed by atoms with E-state index in [1.807, 2.05) is 32.2 Å². The summed E-state index contributed by atoms with van der Waals surface area (Å²) in [6, 6.07) is 12.4. The van der Waals surface area contributed by atoms with Crippen LogP contribution >= 0.6 is 35.1 Å². The van der Waals surface area contributed by atoms with Gasteiger partial charge in [0.15, 0.2) is 5.60 Å². The van der Waals surface area contributed by atoms with Gasteiger partial charge in [-0.2, -0.15) is 0 Å². The zero-order valence-electron chi connectivity index (χ0n) is 23.8. The highest BCUT2D eigenvalue weighted by Crippen LogP contribution is 2.55. The molecule has 2 aromatic carbocycles. The van der Waals surface area contributed by atoms with Crippen LogP contribution in [0.4, 0.5) is 11.4 Å². The first-order valence-electron chi connectivity index (χ1n) is 13.2. The molecule has 1 fully saturated rings. The molecular weight excluding hydrogens is 641 g/mol. The van der Waals surface area contributed by atoms with Crippen LogP contribution in [-0.2, 0) is 24.6 Å². The molecular formula is C28H33Cl2N3O10S. The number of likely N-dealkylation sites (tertiary alicyclic amines) is 1. The van der Waals surface area contributed by atoms with Gasteiger partial charge in [0.1, 0.15) is 5.41 Å². The molecule has 0 aliphatic carbocycles. The van der Waals surface area contributed by atoms with Gasteiger partial charge in [-0.05, 0) is 63.2 Å². The lowest BCUT2D eigenvalue weighted by molar-refractivity contribution is -0.170. The van der Waals surface area contributed by atoms with Crippen LogP contribution in [0.25, 0.3) is 0 Å². The van der Waals surface area contributed by atoms with Crippen LogP contribution in [0.2, 0.25) is 10.0 Å². The first kappa shape index (κ1) is 36.8. The maximum absolute atomic E-state index is 13.0. The van der Waals surface area contributed by atoms with Gasteiger partial charge in [0, 0.05) is 22.2 Å². The lowest BCUT2D eigenvalue weighted by Crippen LogP contribution is -2.58. The number of nitrogens with zero attached hydrogens (tertiary/aromatic N) is 2. The summed E-state index contributed by atoms with van der Waals surface area (Å²) >= 11 is 13.6. The van der Waals surface area contributed by atoms with Crippen LogP contribution in [0.5, 0.6) is 0 Å². The maximum Gasteiger partial charge on any atom is 0.336 e. The Morgan fingerprint density at radius 3 is 1.89 bits per heavy atom. The molecule has 16 heteroatoms. The highest BCUT2D eigenvalue weighted by Gasteiger charge is 2.59. The quantitative estimate of drug-likeness (QED) is 0.121. The molecule has 0 bridgehead atoms. The van der Waals surface area contributed by atoms with E-state index in [1.54, 1.807) is 24.3 Å². The zero-order chi connectivity index (χ0) is 33.3. The van der Waals surface area contributed by atoms with Crippen LogP contribution in [0.1, 0.15) is 44.6 Å². The number of aliphatic hydroxyl groups is 1. The average Bonchev–Trinajstić information content (AvgIpc) is 2.93. The van der Waals surface area contributed by atoms with Crippen molar-refractivity contribution >= 4 is 70.4 Å². The van der Waals surface area contributed by atoms with Crippen LogP contribution in [0.15, 0.2) is 47.0 Å². The highest BCUT2D eigenvalue weighted by molar-refractivity contribution is 7.99. The second-order valence-electron chi connectivity index (χ2n) is 10.3. The van der Waals surface area contributed by atoms with E-state index >= 15 is 0 Å². The van der Waals surface area contributed by atoms with Crippen LogP contribution in [-0.4, -0.2) is 84.8 Å². The minimum atomic E-state index is -2.74. The molecule has 1 heterocycles. The molecule has 44 heavy (non-hydrogen) atoms. The van der Waals surface area contributed by atoms with Crippen molar-refractivity contribution in [3.8, 4) is 0 Å². The molecule has 13 nitrogen and oxygen atoms in total. The number of carboxylic acid groups (broad SMARTS) is 4. The molecule has 1 aliphatic heterocycles. The number of nitroso groups, excluding NO2 is 1. The molecule has 0 amide bonds. The van der Waals surface area contributed by atoms with Gasteiger partial charge in [-0.25, -0.2) is 4.79 Å². The van der Waals surface area contributed by atoms with Crippen molar-refractivity contribution in [1.82, 2.24) is 4.90 Å². The molecule has 1 saturated heterocycles. The summed E-state index contributed by atoms with van der Waals surface area (Å²) in [6.45, 7) is 3.21. The summed E-state index contributed by atoms with van der Waals surface area (Å²) in [5.74, 6) is -6.00. The Hall–Kier alpha value is -3.43. The van der Waals surface area contributed by atoms with E-state index in [9.17, 15) is 29.2 Å². The predicted molar refractivity (Wildman–Crippen MR) is 166 cm³/mol. The molecule has 1 atom stereocenters. The molecule has 1 aliphatic rings. The second kappa shape index (κ2) is 15.5. The number of aliphatic carboxylic acids is 4. The van der Waals surface area contributed by atoms with Gasteiger partial charge in [-0.3, -0.25) is 14.4 Å². The molecule has 0 saturated carbocycles. The Balaban J connectivity index is 0.000000439. The van der Waals surface area contributed by atoms with Crippen molar-refractivity contribution in [1.29, 1.82) is 0 Å². The van der Waals surface area contributed by atoms with Gasteiger partial charge in [-0.15, -0.1) is 4.91 Å². The Morgan fingerprint density at radius 2 is 1.45 bits per heavy atom. The Kier molecular flexibility index (Phi) is 13.0. The van der Waals surface area contributed by atoms with Gasteiger partial charge in [0.05, 0.1) is 33.3 Å². The summed E-state index contributed by atoms with van der Waals surface area (Å²) in [5.41, 5.74) is -2.40. The van der Waals surface area contributed by atoms with Crippen molar-refractivity contribution in [3.63, 3.8) is 0 Å². The summed E-state index contributed by atoms with van der Waals surface area (Å²) < 4.78 is 2.26. The van der Waals surface area contributed by atoms with Gasteiger partial charge in [-0.1, -0.05) is 54.4 Å². The van der Waals surface area contributed by atoms with Crippen LogP contribution in [0, 0.1) is 4.91 Å². The third-order valence-electron chi connectivity index (χ3n) is 7.57. The number of hydrogen-bond donors (Lipinski definition) is 6. The Morgan fingerprint density at radius 1 is 0.932 bits per heavy atom. The number of carbonyl (C=O) groups is 4. The van der Waals surface area contributed by atoms with E-state index in [1.165, 1.54) is 0 Å². The standard InChI is InChI=1S/C22H25Cl2N3O3S.C6H8O7/c1-3-22(20(28)29,21(31-26-30)11-13-27(2)14-12-21)15-7-4-5-10-18(15)25-19-16(23)8-6-9-17(19)24;7-3(8)1-6(13,5(11)12)2-4(9)10/h4-10,25H,3,11-14H2,1-2H3,(H,28,29);13H,1-2H2,(H,7,8)(H,9,10)(H,11,12). The fraction of sp³-hybridized carbons (Fsp3) is 0.429. The molecule has 1 unspecified atom stereocenters. The first-order chi connectivity index (χ1) is 20.6. The van der Waals surface area contributed by atoms with Gasteiger partial charge < -0.3 is 35.7 Å². The third-order valence-corrected chi connectivity index (χ3v) is 9.39. The number of rotatable bonds is 13. The largest absolute Gasteiger partial charge is 0.481 e. The fourth-order valence-corrected chi connectivity index (χ4v) is 6.79. The number of halogens is 2. The number of anilines is 2. The summed E-state index contributed by atoms with van der Waals surface area (Å²) in [7, 11) is 1.99. The Bertz CT molecular complexity index is 1350. The fourth-order valence-electron chi connectivity index (χ4n) is 5.30. The molecule has 240 valence electrons. The van der Waals surface area contributed by atoms with Crippen molar-refractivity contribution in [2.24, 2.45) is 4.58 Å².